The van der Waals surface area contributed by atoms with Gasteiger partial charge in [-0.1, -0.05) is 30.3 Å². The first-order valence-corrected chi connectivity index (χ1v) is 9.22. The van der Waals surface area contributed by atoms with Crippen LogP contribution in [-0.2, 0) is 11.3 Å². The number of amides is 2. The van der Waals surface area contributed by atoms with Crippen molar-refractivity contribution in [1.29, 1.82) is 0 Å². The number of carbonyl (C=O) groups excluding carboxylic acids is 2. The highest BCUT2D eigenvalue weighted by Crippen LogP contribution is 2.22. The van der Waals surface area contributed by atoms with Crippen LogP contribution in [0.25, 0.3) is 11.1 Å². The summed E-state index contributed by atoms with van der Waals surface area (Å²) in [6, 6.07) is 13.0. The minimum absolute atomic E-state index is 0.112. The number of ether oxygens (including phenoxy) is 1. The number of pyridine rings is 1. The number of rotatable bonds is 3. The number of aromatic nitrogens is 1. The fourth-order valence-corrected chi connectivity index (χ4v) is 3.30. The van der Waals surface area contributed by atoms with Crippen LogP contribution in [0.4, 0.5) is 4.79 Å². The lowest BCUT2D eigenvalue weighted by Gasteiger charge is -2.34. The van der Waals surface area contributed by atoms with Gasteiger partial charge >= 0.3 is 6.09 Å². The Morgan fingerprint density at radius 3 is 2.54 bits per heavy atom. The van der Waals surface area contributed by atoms with E-state index in [1.54, 1.807) is 22.1 Å². The van der Waals surface area contributed by atoms with E-state index in [-0.39, 0.29) is 18.6 Å². The van der Waals surface area contributed by atoms with Crippen molar-refractivity contribution in [2.75, 3.05) is 26.2 Å². The quantitative estimate of drug-likeness (QED) is 0.698. The zero-order valence-electron chi connectivity index (χ0n) is 15.6. The van der Waals surface area contributed by atoms with Gasteiger partial charge in [-0.25, -0.2) is 4.79 Å². The molecule has 28 heavy (non-hydrogen) atoms. The van der Waals surface area contributed by atoms with Crippen molar-refractivity contribution in [2.24, 2.45) is 0 Å². The Balaban J connectivity index is 1.35. The van der Waals surface area contributed by atoms with E-state index in [2.05, 4.69) is 4.98 Å². The van der Waals surface area contributed by atoms with Crippen LogP contribution in [0.1, 0.15) is 21.7 Å². The topological polar surface area (TPSA) is 75.9 Å². The molecule has 0 N–H and O–H groups in total. The number of hydrogen-bond acceptors (Lipinski definition) is 5. The van der Waals surface area contributed by atoms with Crippen LogP contribution in [0.3, 0.4) is 0 Å². The summed E-state index contributed by atoms with van der Waals surface area (Å²) in [5, 5.41) is 0. The molecule has 1 aromatic carbocycles. The number of fused-ring (bicyclic) bond motifs is 1. The average Bonchev–Trinajstić information content (AvgIpc) is 3.12. The van der Waals surface area contributed by atoms with Crippen LogP contribution >= 0.6 is 0 Å². The first-order valence-electron chi connectivity index (χ1n) is 9.22. The molecule has 1 fully saturated rings. The Morgan fingerprint density at radius 1 is 1.07 bits per heavy atom. The lowest BCUT2D eigenvalue weighted by atomic mass is 10.2. The third kappa shape index (κ3) is 3.69. The fraction of sp³-hybridized carbons (Fsp3) is 0.286. The van der Waals surface area contributed by atoms with Crippen LogP contribution in [0.2, 0.25) is 0 Å². The number of hydrogen-bond donors (Lipinski definition) is 0. The first kappa shape index (κ1) is 18.0. The van der Waals surface area contributed by atoms with Gasteiger partial charge in [0, 0.05) is 38.4 Å². The highest BCUT2D eigenvalue weighted by molar-refractivity contribution is 6.04. The van der Waals surface area contributed by atoms with Gasteiger partial charge in [-0.2, -0.15) is 0 Å². The molecular weight excluding hydrogens is 358 g/mol. The summed E-state index contributed by atoms with van der Waals surface area (Å²) in [5.41, 5.74) is 2.62. The molecule has 3 aromatic rings. The zero-order chi connectivity index (χ0) is 19.5. The van der Waals surface area contributed by atoms with Crippen molar-refractivity contribution in [3.63, 3.8) is 0 Å². The highest BCUT2D eigenvalue weighted by atomic mass is 16.6. The van der Waals surface area contributed by atoms with Gasteiger partial charge in [0.1, 0.15) is 17.9 Å². The van der Waals surface area contributed by atoms with E-state index >= 15 is 0 Å². The molecule has 7 heteroatoms. The maximum absolute atomic E-state index is 12.9. The normalized spacial score (nSPS) is 14.3. The molecule has 0 spiro atoms. The zero-order valence-corrected chi connectivity index (χ0v) is 15.6. The maximum Gasteiger partial charge on any atom is 0.410 e. The molecule has 0 radical (unpaired) electrons. The minimum Gasteiger partial charge on any atom is -0.459 e. The van der Waals surface area contributed by atoms with E-state index < -0.39 is 0 Å². The minimum atomic E-state index is -0.357. The molecule has 3 heterocycles. The Labute approximate surface area is 162 Å². The SMILES string of the molecule is Cc1cc2nccc(C(=O)N3CCN(C(=O)OCc4ccccc4)CC3)c2o1. The first-order chi connectivity index (χ1) is 13.6. The second-order valence-corrected chi connectivity index (χ2v) is 6.75. The van der Waals surface area contributed by atoms with Gasteiger partial charge in [0.2, 0.25) is 0 Å². The molecule has 0 aliphatic carbocycles. The van der Waals surface area contributed by atoms with Gasteiger partial charge < -0.3 is 19.0 Å². The molecule has 7 nitrogen and oxygen atoms in total. The summed E-state index contributed by atoms with van der Waals surface area (Å²) in [4.78, 5) is 32.8. The van der Waals surface area contributed by atoms with Gasteiger partial charge in [-0.3, -0.25) is 9.78 Å². The standard InChI is InChI=1S/C21H21N3O4/c1-15-13-18-19(28-15)17(7-8-22-18)20(25)23-9-11-24(12-10-23)21(26)27-14-16-5-3-2-4-6-16/h2-8,13H,9-12,14H2,1H3. The van der Waals surface area contributed by atoms with Crippen LogP contribution in [0.5, 0.6) is 0 Å². The molecule has 0 saturated carbocycles. The van der Waals surface area contributed by atoms with Gasteiger partial charge in [0.05, 0.1) is 5.56 Å². The Kier molecular flexibility index (Phi) is 4.97. The lowest BCUT2D eigenvalue weighted by Crippen LogP contribution is -2.50. The highest BCUT2D eigenvalue weighted by Gasteiger charge is 2.27. The number of piperazine rings is 1. The van der Waals surface area contributed by atoms with E-state index in [0.29, 0.717) is 48.6 Å². The predicted molar refractivity (Wildman–Crippen MR) is 103 cm³/mol. The van der Waals surface area contributed by atoms with Gasteiger partial charge in [0.25, 0.3) is 5.91 Å². The summed E-state index contributed by atoms with van der Waals surface area (Å²) in [7, 11) is 0. The van der Waals surface area contributed by atoms with Gasteiger partial charge in [-0.15, -0.1) is 0 Å². The fourth-order valence-electron chi connectivity index (χ4n) is 3.30. The summed E-state index contributed by atoms with van der Waals surface area (Å²) < 4.78 is 11.0. The summed E-state index contributed by atoms with van der Waals surface area (Å²) in [6.07, 6.45) is 1.26. The monoisotopic (exact) mass is 379 g/mol. The van der Waals surface area contributed by atoms with Crippen molar-refractivity contribution >= 4 is 23.1 Å². The van der Waals surface area contributed by atoms with Crippen LogP contribution in [0, 0.1) is 6.92 Å². The summed E-state index contributed by atoms with van der Waals surface area (Å²) in [5.74, 6) is 0.604. The summed E-state index contributed by atoms with van der Waals surface area (Å²) in [6.45, 7) is 3.84. The molecule has 2 amide bonds. The molecule has 1 aliphatic rings. The number of furan rings is 1. The number of nitrogens with zero attached hydrogens (tertiary/aromatic N) is 3. The van der Waals surface area contributed by atoms with Gasteiger partial charge in [-0.05, 0) is 18.6 Å². The molecule has 0 bridgehead atoms. The average molecular weight is 379 g/mol. The largest absolute Gasteiger partial charge is 0.459 e. The molecular formula is C21H21N3O4. The second kappa shape index (κ2) is 7.72. The second-order valence-electron chi connectivity index (χ2n) is 6.75. The van der Waals surface area contributed by atoms with Crippen molar-refractivity contribution < 1.29 is 18.7 Å². The molecule has 1 saturated heterocycles. The Morgan fingerprint density at radius 2 is 1.79 bits per heavy atom. The van der Waals surface area contributed by atoms with Crippen LogP contribution < -0.4 is 0 Å². The van der Waals surface area contributed by atoms with E-state index in [1.165, 1.54) is 0 Å². The summed E-state index contributed by atoms with van der Waals surface area (Å²) >= 11 is 0. The van der Waals surface area contributed by atoms with E-state index in [9.17, 15) is 9.59 Å². The lowest BCUT2D eigenvalue weighted by molar-refractivity contribution is 0.0544. The maximum atomic E-state index is 12.9. The van der Waals surface area contributed by atoms with E-state index in [1.807, 2.05) is 43.3 Å². The molecule has 144 valence electrons. The molecule has 0 unspecified atom stereocenters. The molecule has 1 aliphatic heterocycles. The predicted octanol–water partition coefficient (Wildman–Crippen LogP) is 3.23. The van der Waals surface area contributed by atoms with Crippen molar-refractivity contribution in [1.82, 2.24) is 14.8 Å². The van der Waals surface area contributed by atoms with E-state index in [0.717, 1.165) is 5.56 Å². The molecule has 0 atom stereocenters. The van der Waals surface area contributed by atoms with Crippen LogP contribution in [0.15, 0.2) is 53.1 Å². The third-order valence-electron chi connectivity index (χ3n) is 4.80. The number of aryl methyl sites for hydroxylation is 1. The Bertz CT molecular complexity index is 991. The van der Waals surface area contributed by atoms with Crippen molar-refractivity contribution in [3.8, 4) is 0 Å². The smallest absolute Gasteiger partial charge is 0.410 e. The number of carbonyl (C=O) groups is 2. The van der Waals surface area contributed by atoms with Crippen molar-refractivity contribution in [3.05, 3.63) is 65.5 Å². The molecule has 4 rings (SSSR count). The third-order valence-corrected chi connectivity index (χ3v) is 4.80. The Hall–Kier alpha value is -3.35. The number of benzene rings is 1. The van der Waals surface area contributed by atoms with Crippen LogP contribution in [-0.4, -0.2) is 53.0 Å². The van der Waals surface area contributed by atoms with Crippen molar-refractivity contribution in [2.45, 2.75) is 13.5 Å². The van der Waals surface area contributed by atoms with Gasteiger partial charge in [0.15, 0.2) is 5.58 Å². The van der Waals surface area contributed by atoms with E-state index in [4.69, 9.17) is 9.15 Å². The molecule has 2 aromatic heterocycles.